The molecular weight excluding hydrogens is 382 g/mol. The van der Waals surface area contributed by atoms with Crippen molar-refractivity contribution in [2.24, 2.45) is 7.05 Å². The molecule has 0 unspecified atom stereocenters. The zero-order chi connectivity index (χ0) is 21.7. The maximum absolute atomic E-state index is 12.7. The van der Waals surface area contributed by atoms with Gasteiger partial charge in [-0.05, 0) is 31.5 Å². The first-order chi connectivity index (χ1) is 14.4. The topological polar surface area (TPSA) is 98.0 Å². The third kappa shape index (κ3) is 4.83. The first kappa shape index (κ1) is 21.0. The molecule has 3 aromatic rings. The highest BCUT2D eigenvalue weighted by Gasteiger charge is 2.17. The number of carbonyl (C=O) groups excluding carboxylic acids is 2. The predicted octanol–water partition coefficient (Wildman–Crippen LogP) is 1.70. The minimum Gasteiger partial charge on any atom is -0.348 e. The number of rotatable bonds is 7. The zero-order valence-electron chi connectivity index (χ0n) is 17.3. The van der Waals surface area contributed by atoms with Gasteiger partial charge in [-0.25, -0.2) is 0 Å². The van der Waals surface area contributed by atoms with E-state index in [1.165, 1.54) is 16.8 Å². The van der Waals surface area contributed by atoms with Crippen LogP contribution in [0.2, 0.25) is 0 Å². The number of amides is 2. The van der Waals surface area contributed by atoms with Crippen molar-refractivity contribution in [3.8, 4) is 0 Å². The Hall–Kier alpha value is -3.68. The lowest BCUT2D eigenvalue weighted by Gasteiger charge is -2.15. The summed E-state index contributed by atoms with van der Waals surface area (Å²) in [5.41, 5.74) is 2.28. The molecule has 0 aliphatic heterocycles. The number of pyridine rings is 1. The van der Waals surface area contributed by atoms with Crippen LogP contribution < -0.4 is 16.2 Å². The van der Waals surface area contributed by atoms with Gasteiger partial charge in [-0.3, -0.25) is 19.1 Å². The number of aryl methyl sites for hydroxylation is 1. The summed E-state index contributed by atoms with van der Waals surface area (Å²) in [7, 11) is 1.83. The molecule has 30 heavy (non-hydrogen) atoms. The Kier molecular flexibility index (Phi) is 6.46. The van der Waals surface area contributed by atoms with E-state index in [4.69, 9.17) is 0 Å². The molecule has 0 saturated heterocycles. The highest BCUT2D eigenvalue weighted by atomic mass is 16.2. The van der Waals surface area contributed by atoms with Gasteiger partial charge in [0.25, 0.3) is 11.5 Å². The van der Waals surface area contributed by atoms with Gasteiger partial charge >= 0.3 is 0 Å². The van der Waals surface area contributed by atoms with Crippen LogP contribution >= 0.6 is 0 Å². The molecule has 0 aliphatic rings. The second kappa shape index (κ2) is 9.21. The predicted molar refractivity (Wildman–Crippen MR) is 113 cm³/mol. The van der Waals surface area contributed by atoms with Gasteiger partial charge in [-0.1, -0.05) is 30.3 Å². The Morgan fingerprint density at radius 3 is 2.53 bits per heavy atom. The molecule has 0 radical (unpaired) electrons. The van der Waals surface area contributed by atoms with Crippen LogP contribution in [0.25, 0.3) is 0 Å². The molecule has 2 heterocycles. The number of hydrogen-bond acceptors (Lipinski definition) is 4. The number of nitrogens with zero attached hydrogens (tertiary/aromatic N) is 3. The monoisotopic (exact) mass is 407 g/mol. The normalized spacial score (nSPS) is 11.7. The Morgan fingerprint density at radius 1 is 1.13 bits per heavy atom. The summed E-state index contributed by atoms with van der Waals surface area (Å²) in [6, 6.07) is 12.2. The van der Waals surface area contributed by atoms with Crippen molar-refractivity contribution in [2.75, 3.05) is 0 Å². The van der Waals surface area contributed by atoms with Crippen LogP contribution in [0.15, 0.2) is 59.7 Å². The van der Waals surface area contributed by atoms with Crippen LogP contribution in [0.4, 0.5) is 0 Å². The summed E-state index contributed by atoms with van der Waals surface area (Å²) in [4.78, 5) is 37.6. The van der Waals surface area contributed by atoms with Crippen LogP contribution in [-0.4, -0.2) is 26.2 Å². The summed E-state index contributed by atoms with van der Waals surface area (Å²) in [5, 5.41) is 9.78. The number of nitrogens with one attached hydrogen (secondary N) is 2. The molecule has 2 N–H and O–H groups in total. The van der Waals surface area contributed by atoms with E-state index in [0.29, 0.717) is 6.54 Å². The molecular formula is C22H25N5O3. The SMILES string of the molecule is Cc1c([C@@H](C)NC(=O)Cn2cccc(C(=O)NCc3ccccc3)c2=O)cnn1C. The molecule has 1 atom stereocenters. The molecule has 156 valence electrons. The Labute approximate surface area is 174 Å². The maximum atomic E-state index is 12.7. The largest absolute Gasteiger partial charge is 0.348 e. The van der Waals surface area contributed by atoms with Crippen molar-refractivity contribution >= 4 is 11.8 Å². The summed E-state index contributed by atoms with van der Waals surface area (Å²) in [6.45, 7) is 3.92. The number of benzene rings is 1. The highest BCUT2D eigenvalue weighted by molar-refractivity contribution is 5.93. The molecule has 3 rings (SSSR count). The van der Waals surface area contributed by atoms with Gasteiger partial charge < -0.3 is 15.2 Å². The van der Waals surface area contributed by atoms with Crippen molar-refractivity contribution in [3.05, 3.63) is 87.6 Å². The van der Waals surface area contributed by atoms with Crippen LogP contribution in [0.1, 0.15) is 40.1 Å². The fraction of sp³-hybridized carbons (Fsp3) is 0.273. The van der Waals surface area contributed by atoms with E-state index >= 15 is 0 Å². The lowest BCUT2D eigenvalue weighted by Crippen LogP contribution is -2.37. The van der Waals surface area contributed by atoms with Crippen molar-refractivity contribution in [1.29, 1.82) is 0 Å². The summed E-state index contributed by atoms with van der Waals surface area (Å²) >= 11 is 0. The van der Waals surface area contributed by atoms with Gasteiger partial charge in [0.1, 0.15) is 12.1 Å². The molecule has 2 aromatic heterocycles. The fourth-order valence-corrected chi connectivity index (χ4v) is 3.17. The zero-order valence-corrected chi connectivity index (χ0v) is 17.3. The first-order valence-electron chi connectivity index (χ1n) is 9.66. The van der Waals surface area contributed by atoms with Crippen LogP contribution in [0, 0.1) is 6.92 Å². The minimum atomic E-state index is -0.511. The van der Waals surface area contributed by atoms with Crippen molar-refractivity contribution in [1.82, 2.24) is 25.0 Å². The second-order valence-corrected chi connectivity index (χ2v) is 7.12. The smallest absolute Gasteiger partial charge is 0.263 e. The van der Waals surface area contributed by atoms with E-state index in [9.17, 15) is 14.4 Å². The van der Waals surface area contributed by atoms with E-state index in [0.717, 1.165) is 16.8 Å². The van der Waals surface area contributed by atoms with Crippen molar-refractivity contribution in [3.63, 3.8) is 0 Å². The molecule has 0 bridgehead atoms. The summed E-state index contributed by atoms with van der Waals surface area (Å²) < 4.78 is 2.97. The fourth-order valence-electron chi connectivity index (χ4n) is 3.17. The standard InChI is InChI=1S/C22H25N5O3/c1-15(19-13-24-26(3)16(19)2)25-20(28)14-27-11-7-10-18(22(27)30)21(29)23-12-17-8-5-4-6-9-17/h4-11,13,15H,12,14H2,1-3H3,(H,23,29)(H,25,28)/t15-/m1/s1. The van der Waals surface area contributed by atoms with Crippen LogP contribution in [0.3, 0.4) is 0 Å². The van der Waals surface area contributed by atoms with Crippen molar-refractivity contribution < 1.29 is 9.59 Å². The third-order valence-corrected chi connectivity index (χ3v) is 4.99. The maximum Gasteiger partial charge on any atom is 0.263 e. The van der Waals surface area contributed by atoms with Crippen molar-refractivity contribution in [2.45, 2.75) is 33.0 Å². The van der Waals surface area contributed by atoms with Gasteiger partial charge in [-0.15, -0.1) is 0 Å². The Balaban J connectivity index is 1.65. The molecule has 0 fully saturated rings. The summed E-state index contributed by atoms with van der Waals surface area (Å²) in [5.74, 6) is -0.798. The Morgan fingerprint density at radius 2 is 1.87 bits per heavy atom. The first-order valence-corrected chi connectivity index (χ1v) is 9.66. The van der Waals surface area contributed by atoms with E-state index in [1.807, 2.05) is 51.2 Å². The molecule has 1 aromatic carbocycles. The van der Waals surface area contributed by atoms with E-state index in [-0.39, 0.29) is 24.1 Å². The summed E-state index contributed by atoms with van der Waals surface area (Å²) in [6.07, 6.45) is 3.21. The van der Waals surface area contributed by atoms with Gasteiger partial charge in [0.2, 0.25) is 5.91 Å². The lowest BCUT2D eigenvalue weighted by atomic mass is 10.1. The van der Waals surface area contributed by atoms with Crippen LogP contribution in [-0.2, 0) is 24.9 Å². The number of aromatic nitrogens is 3. The Bertz CT molecular complexity index is 1100. The number of carbonyl (C=O) groups is 2. The van der Waals surface area contributed by atoms with E-state index < -0.39 is 11.5 Å². The van der Waals surface area contributed by atoms with Gasteiger partial charge in [-0.2, -0.15) is 5.10 Å². The lowest BCUT2D eigenvalue weighted by molar-refractivity contribution is -0.122. The van der Waals surface area contributed by atoms with Crippen LogP contribution in [0.5, 0.6) is 0 Å². The highest BCUT2D eigenvalue weighted by Crippen LogP contribution is 2.15. The molecule has 2 amide bonds. The van der Waals surface area contributed by atoms with Gasteiger partial charge in [0.15, 0.2) is 0 Å². The molecule has 0 aliphatic carbocycles. The quantitative estimate of drug-likeness (QED) is 0.623. The molecule has 0 spiro atoms. The number of hydrogen-bond donors (Lipinski definition) is 2. The molecule has 8 heteroatoms. The molecule has 0 saturated carbocycles. The average molecular weight is 407 g/mol. The van der Waals surface area contributed by atoms with E-state index in [2.05, 4.69) is 15.7 Å². The van der Waals surface area contributed by atoms with Gasteiger partial charge in [0.05, 0.1) is 12.2 Å². The molecule has 8 nitrogen and oxygen atoms in total. The average Bonchev–Trinajstić information content (AvgIpc) is 3.07. The van der Waals surface area contributed by atoms with Gasteiger partial charge in [0, 0.05) is 31.0 Å². The van der Waals surface area contributed by atoms with E-state index in [1.54, 1.807) is 16.9 Å². The minimum absolute atomic E-state index is 0.00242. The second-order valence-electron chi connectivity index (χ2n) is 7.12. The third-order valence-electron chi connectivity index (χ3n) is 4.99.